The smallest absolute Gasteiger partial charge is 0.272 e. The van der Waals surface area contributed by atoms with Crippen LogP contribution in [0.5, 0.6) is 0 Å². The number of anilines is 1. The minimum atomic E-state index is -2.92. The molecule has 1 aromatic rings. The maximum atomic E-state index is 12.5. The largest absolute Gasteiger partial charge is 0.370 e. The Hall–Kier alpha value is -1.63. The molecule has 1 amide bonds. The first kappa shape index (κ1) is 16.2. The van der Waals surface area contributed by atoms with Gasteiger partial charge in [0.25, 0.3) is 5.91 Å². The Morgan fingerprint density at radius 2 is 2.04 bits per heavy atom. The molecule has 0 bridgehead atoms. The molecule has 1 atom stereocenters. The fourth-order valence-electron chi connectivity index (χ4n) is 3.31. The lowest BCUT2D eigenvalue weighted by atomic mass is 10.1. The van der Waals surface area contributed by atoms with E-state index in [1.54, 1.807) is 12.3 Å². The third-order valence-corrected chi connectivity index (χ3v) is 6.52. The Balaban J connectivity index is 1.75. The maximum Gasteiger partial charge on any atom is 0.272 e. The zero-order valence-electron chi connectivity index (χ0n) is 13.4. The minimum Gasteiger partial charge on any atom is -0.370 e. The highest BCUT2D eigenvalue weighted by molar-refractivity contribution is 7.91. The summed E-state index contributed by atoms with van der Waals surface area (Å²) in [6, 6.07) is 3.58. The first-order valence-electron chi connectivity index (χ1n) is 8.15. The van der Waals surface area contributed by atoms with Crippen molar-refractivity contribution in [3.63, 3.8) is 0 Å². The summed E-state index contributed by atoms with van der Waals surface area (Å²) in [4.78, 5) is 20.6. The topological polar surface area (TPSA) is 70.6 Å². The third-order valence-electron chi connectivity index (χ3n) is 4.77. The molecule has 0 spiro atoms. The number of carbonyl (C=O) groups excluding carboxylic acids is 1. The van der Waals surface area contributed by atoms with Crippen molar-refractivity contribution in [3.8, 4) is 0 Å². The van der Waals surface area contributed by atoms with Crippen molar-refractivity contribution in [3.05, 3.63) is 24.0 Å². The third kappa shape index (κ3) is 3.65. The summed E-state index contributed by atoms with van der Waals surface area (Å²) < 4.78 is 23.3. The van der Waals surface area contributed by atoms with E-state index in [1.807, 2.05) is 22.9 Å². The van der Waals surface area contributed by atoms with Crippen molar-refractivity contribution in [2.45, 2.75) is 31.7 Å². The maximum absolute atomic E-state index is 12.5. The van der Waals surface area contributed by atoms with Gasteiger partial charge in [-0.3, -0.25) is 9.78 Å². The predicted octanol–water partition coefficient (Wildman–Crippen LogP) is 1.33. The van der Waals surface area contributed by atoms with Gasteiger partial charge in [-0.25, -0.2) is 8.42 Å². The van der Waals surface area contributed by atoms with Gasteiger partial charge < -0.3 is 9.80 Å². The van der Waals surface area contributed by atoms with Gasteiger partial charge in [0, 0.05) is 38.1 Å². The number of carbonyl (C=O) groups is 1. The van der Waals surface area contributed by atoms with E-state index < -0.39 is 9.84 Å². The van der Waals surface area contributed by atoms with Crippen molar-refractivity contribution in [2.24, 2.45) is 0 Å². The van der Waals surface area contributed by atoms with Crippen molar-refractivity contribution < 1.29 is 13.2 Å². The molecule has 6 nitrogen and oxygen atoms in total. The molecular weight excluding hydrogens is 314 g/mol. The standard InChI is InChI=1S/C16H23N3O3S/c1-18(14-6-10-23(21,22)12-14)13-5-7-17-15(11-13)16(20)19-8-3-2-4-9-19/h5,7,11,14H,2-4,6,8-10,12H2,1H3. The van der Waals surface area contributed by atoms with Crippen LogP contribution in [0.4, 0.5) is 5.69 Å². The summed E-state index contributed by atoms with van der Waals surface area (Å²) in [6.45, 7) is 1.59. The molecule has 0 N–H and O–H groups in total. The summed E-state index contributed by atoms with van der Waals surface area (Å²) in [6.07, 6.45) is 5.54. The van der Waals surface area contributed by atoms with E-state index in [0.717, 1.165) is 31.6 Å². The van der Waals surface area contributed by atoms with Gasteiger partial charge in [0.15, 0.2) is 9.84 Å². The quantitative estimate of drug-likeness (QED) is 0.832. The zero-order chi connectivity index (χ0) is 16.4. The highest BCUT2D eigenvalue weighted by Gasteiger charge is 2.31. The molecule has 7 heteroatoms. The molecular formula is C16H23N3O3S. The van der Waals surface area contributed by atoms with E-state index >= 15 is 0 Å². The van der Waals surface area contributed by atoms with Crippen molar-refractivity contribution in [2.75, 3.05) is 36.5 Å². The molecule has 3 heterocycles. The number of amides is 1. The van der Waals surface area contributed by atoms with Crippen LogP contribution in [0.2, 0.25) is 0 Å². The van der Waals surface area contributed by atoms with E-state index in [2.05, 4.69) is 4.98 Å². The summed E-state index contributed by atoms with van der Waals surface area (Å²) in [5, 5.41) is 0. The molecule has 2 saturated heterocycles. The van der Waals surface area contributed by atoms with Crippen LogP contribution in [0.25, 0.3) is 0 Å². The number of rotatable bonds is 3. The number of hydrogen-bond acceptors (Lipinski definition) is 5. The van der Waals surface area contributed by atoms with Crippen molar-refractivity contribution in [1.29, 1.82) is 0 Å². The number of pyridine rings is 1. The molecule has 0 aromatic carbocycles. The average Bonchev–Trinajstić information content (AvgIpc) is 2.94. The minimum absolute atomic E-state index is 0.0275. The first-order chi connectivity index (χ1) is 11.0. The summed E-state index contributed by atoms with van der Waals surface area (Å²) in [5.74, 6) is 0.396. The monoisotopic (exact) mass is 337 g/mol. The van der Waals surface area contributed by atoms with Gasteiger partial charge in [-0.2, -0.15) is 0 Å². The van der Waals surface area contributed by atoms with Gasteiger partial charge in [0.05, 0.1) is 11.5 Å². The lowest BCUT2D eigenvalue weighted by Crippen LogP contribution is -2.36. The van der Waals surface area contributed by atoms with Crippen LogP contribution in [0, 0.1) is 0 Å². The second-order valence-corrected chi connectivity index (χ2v) is 8.65. The Kier molecular flexibility index (Phi) is 4.57. The highest BCUT2D eigenvalue weighted by Crippen LogP contribution is 2.23. The fraction of sp³-hybridized carbons (Fsp3) is 0.625. The van der Waals surface area contributed by atoms with Gasteiger partial charge >= 0.3 is 0 Å². The van der Waals surface area contributed by atoms with Gasteiger partial charge in [-0.1, -0.05) is 0 Å². The Bertz CT molecular complexity index is 684. The van der Waals surface area contributed by atoms with Gasteiger partial charge in [0.2, 0.25) is 0 Å². The first-order valence-corrected chi connectivity index (χ1v) is 9.97. The van der Waals surface area contributed by atoms with Crippen LogP contribution in [-0.2, 0) is 9.84 Å². The van der Waals surface area contributed by atoms with Crippen LogP contribution in [-0.4, -0.2) is 61.9 Å². The van der Waals surface area contributed by atoms with E-state index in [1.165, 1.54) is 6.42 Å². The molecule has 1 aromatic heterocycles. The molecule has 1 unspecified atom stereocenters. The van der Waals surface area contributed by atoms with E-state index in [9.17, 15) is 13.2 Å². The normalized spacial score (nSPS) is 23.7. The molecule has 2 aliphatic rings. The second-order valence-electron chi connectivity index (χ2n) is 6.42. The average molecular weight is 337 g/mol. The predicted molar refractivity (Wildman–Crippen MR) is 89.5 cm³/mol. The SMILES string of the molecule is CN(c1ccnc(C(=O)N2CCCCC2)c1)C1CCS(=O)(=O)C1. The molecule has 0 aliphatic carbocycles. The van der Waals surface area contributed by atoms with E-state index in [4.69, 9.17) is 0 Å². The fourth-order valence-corrected chi connectivity index (χ4v) is 5.08. The van der Waals surface area contributed by atoms with Gasteiger partial charge in [-0.15, -0.1) is 0 Å². The van der Waals surface area contributed by atoms with E-state index in [-0.39, 0.29) is 23.5 Å². The lowest BCUT2D eigenvalue weighted by molar-refractivity contribution is 0.0718. The van der Waals surface area contributed by atoms with Crippen LogP contribution < -0.4 is 4.90 Å². The zero-order valence-corrected chi connectivity index (χ0v) is 14.3. The molecule has 0 saturated carbocycles. The van der Waals surface area contributed by atoms with Crippen molar-refractivity contribution in [1.82, 2.24) is 9.88 Å². The van der Waals surface area contributed by atoms with Crippen LogP contribution in [0.15, 0.2) is 18.3 Å². The van der Waals surface area contributed by atoms with Crippen LogP contribution in [0.1, 0.15) is 36.2 Å². The molecule has 2 fully saturated rings. The number of piperidine rings is 1. The molecule has 126 valence electrons. The Morgan fingerprint density at radius 3 is 2.70 bits per heavy atom. The number of nitrogens with zero attached hydrogens (tertiary/aromatic N) is 3. The van der Waals surface area contributed by atoms with Gasteiger partial charge in [0.1, 0.15) is 5.69 Å². The molecule has 23 heavy (non-hydrogen) atoms. The van der Waals surface area contributed by atoms with Crippen LogP contribution >= 0.6 is 0 Å². The van der Waals surface area contributed by atoms with Gasteiger partial charge in [-0.05, 0) is 37.8 Å². The number of sulfone groups is 1. The van der Waals surface area contributed by atoms with Crippen LogP contribution in [0.3, 0.4) is 0 Å². The molecule has 2 aliphatic heterocycles. The summed E-state index contributed by atoms with van der Waals surface area (Å²) in [5.41, 5.74) is 1.29. The highest BCUT2D eigenvalue weighted by atomic mass is 32.2. The molecule has 3 rings (SSSR count). The second kappa shape index (κ2) is 6.47. The number of likely N-dealkylation sites (tertiary alicyclic amines) is 1. The lowest BCUT2D eigenvalue weighted by Gasteiger charge is -2.28. The summed E-state index contributed by atoms with van der Waals surface area (Å²) >= 11 is 0. The number of hydrogen-bond donors (Lipinski definition) is 0. The van der Waals surface area contributed by atoms with Crippen molar-refractivity contribution >= 4 is 21.4 Å². The van der Waals surface area contributed by atoms with E-state index in [0.29, 0.717) is 12.1 Å². The summed E-state index contributed by atoms with van der Waals surface area (Å²) in [7, 11) is -1.04. The molecule has 0 radical (unpaired) electrons. The Morgan fingerprint density at radius 1 is 1.30 bits per heavy atom. The Labute approximate surface area is 137 Å². The number of aromatic nitrogens is 1.